The van der Waals surface area contributed by atoms with Crippen LogP contribution in [0.5, 0.6) is 0 Å². The third kappa shape index (κ3) is 13.2. The van der Waals surface area contributed by atoms with Crippen molar-refractivity contribution in [1.82, 2.24) is 20.4 Å². The molecule has 11 nitrogen and oxygen atoms in total. The van der Waals surface area contributed by atoms with Gasteiger partial charge >= 0.3 is 20.9 Å². The predicted octanol–water partition coefficient (Wildman–Crippen LogP) is 4.24. The number of nitrogens with one attached hydrogen (secondary N) is 2. The fourth-order valence-corrected chi connectivity index (χ4v) is 8.64. The Kier molecular flexibility index (Phi) is 16.1. The number of carbonyl (C=O) groups is 2. The molecule has 4 atom stereocenters. The summed E-state index contributed by atoms with van der Waals surface area (Å²) in [5, 5.41) is 5.99. The van der Waals surface area contributed by atoms with Crippen LogP contribution in [0.3, 0.4) is 0 Å². The lowest BCUT2D eigenvalue weighted by atomic mass is 9.81. The lowest BCUT2D eigenvalue weighted by molar-refractivity contribution is 0.0707. The maximum absolute atomic E-state index is 13.4. The Bertz CT molecular complexity index is 756. The highest BCUT2D eigenvalue weighted by atomic mass is 28.4. The topological polar surface area (TPSA) is 117 Å². The van der Waals surface area contributed by atoms with Gasteiger partial charge in [-0.25, -0.2) is 14.5 Å². The number of unbranched alkanes of at least 4 members (excludes halogenated alkanes) is 2. The Labute approximate surface area is 255 Å². The molecule has 42 heavy (non-hydrogen) atoms. The molecule has 0 aromatic carbocycles. The van der Waals surface area contributed by atoms with Crippen LogP contribution in [0.25, 0.3) is 0 Å². The maximum Gasteiger partial charge on any atom is 0.500 e. The van der Waals surface area contributed by atoms with Gasteiger partial charge in [-0.1, -0.05) is 26.2 Å². The summed E-state index contributed by atoms with van der Waals surface area (Å²) in [6.07, 6.45) is 8.78. The Hall–Kier alpha value is -1.28. The van der Waals surface area contributed by atoms with Crippen molar-refractivity contribution >= 4 is 20.9 Å². The van der Waals surface area contributed by atoms with Crippen molar-refractivity contribution in [3.05, 3.63) is 0 Å². The quantitative estimate of drug-likeness (QED) is 0.106. The van der Waals surface area contributed by atoms with Gasteiger partial charge in [0, 0.05) is 65.1 Å². The number of amides is 4. The highest BCUT2D eigenvalue weighted by Crippen LogP contribution is 2.31. The van der Waals surface area contributed by atoms with E-state index in [0.29, 0.717) is 76.0 Å². The highest BCUT2D eigenvalue weighted by Gasteiger charge is 2.40. The first-order valence-electron chi connectivity index (χ1n) is 16.6. The van der Waals surface area contributed by atoms with Crippen molar-refractivity contribution in [2.75, 3.05) is 72.3 Å². The lowest BCUT2D eigenvalue weighted by Crippen LogP contribution is -2.51. The summed E-state index contributed by atoms with van der Waals surface area (Å²) in [7, 11) is -2.78. The zero-order valence-electron chi connectivity index (χ0n) is 26.7. The third-order valence-corrected chi connectivity index (χ3v) is 11.3. The van der Waals surface area contributed by atoms with Gasteiger partial charge in [0.15, 0.2) is 0 Å². The summed E-state index contributed by atoms with van der Waals surface area (Å²) in [5.74, 6) is 0.841. The number of nitrogens with zero attached hydrogens (tertiary/aromatic N) is 2. The summed E-state index contributed by atoms with van der Waals surface area (Å²) in [4.78, 5) is 30.6. The van der Waals surface area contributed by atoms with Gasteiger partial charge in [-0.05, 0) is 64.7 Å². The second kappa shape index (κ2) is 19.2. The zero-order chi connectivity index (χ0) is 30.2. The van der Waals surface area contributed by atoms with E-state index in [4.69, 9.17) is 22.8 Å². The molecule has 0 aromatic rings. The molecule has 0 spiro atoms. The van der Waals surface area contributed by atoms with E-state index < -0.39 is 8.80 Å². The van der Waals surface area contributed by atoms with Crippen molar-refractivity contribution < 1.29 is 32.3 Å². The molecule has 0 radical (unpaired) electrons. The number of ether oxygens (including phenoxy) is 2. The number of imide groups is 1. The van der Waals surface area contributed by atoms with Gasteiger partial charge in [0.2, 0.25) is 0 Å². The molecule has 0 bridgehead atoms. The Morgan fingerprint density at radius 3 is 1.79 bits per heavy atom. The SMILES string of the molecule is CCCCCNC(=O)N(CC1CCCC(CN(CC2CO2)CC2CO2)C1)C(=O)NCCC[Si](OCC)(OCC)OCC. The standard InChI is InChI=1S/C30H58N4O7Si/c1-5-9-10-15-31-29(35)34(30(36)32-16-12-17-42(39-6-2,40-7-3)41-8-4)20-26-14-11-13-25(18-26)19-33(21-27-23-37-27)22-28-24-38-28/h25-28H,5-24H2,1-4H3,(H,31,35)(H,32,36). The third-order valence-electron chi connectivity index (χ3n) is 8.15. The number of hydrogen-bond acceptors (Lipinski definition) is 8. The Balaban J connectivity index is 1.54. The summed E-state index contributed by atoms with van der Waals surface area (Å²) < 4.78 is 28.8. The molecule has 3 rings (SSSR count). The van der Waals surface area contributed by atoms with Crippen LogP contribution < -0.4 is 10.6 Å². The van der Waals surface area contributed by atoms with Crippen LogP contribution in [0.1, 0.15) is 79.1 Å². The molecule has 4 amide bonds. The average Bonchev–Trinajstić information content (AvgIpc) is 3.91. The summed E-state index contributed by atoms with van der Waals surface area (Å²) >= 11 is 0. The maximum atomic E-state index is 13.4. The van der Waals surface area contributed by atoms with Gasteiger partial charge in [0.25, 0.3) is 0 Å². The zero-order valence-corrected chi connectivity index (χ0v) is 27.7. The molecule has 2 N–H and O–H groups in total. The minimum atomic E-state index is -2.78. The van der Waals surface area contributed by atoms with E-state index in [2.05, 4.69) is 22.5 Å². The van der Waals surface area contributed by atoms with Crippen LogP contribution in [0.4, 0.5) is 9.59 Å². The molecule has 3 fully saturated rings. The van der Waals surface area contributed by atoms with Gasteiger partial charge < -0.3 is 33.4 Å². The summed E-state index contributed by atoms with van der Waals surface area (Å²) in [5.41, 5.74) is 0. The van der Waals surface area contributed by atoms with E-state index in [1.54, 1.807) is 0 Å². The first-order chi connectivity index (χ1) is 20.4. The van der Waals surface area contributed by atoms with Crippen LogP contribution in [0, 0.1) is 11.8 Å². The molecule has 2 heterocycles. The molecule has 4 unspecified atom stereocenters. The van der Waals surface area contributed by atoms with Crippen molar-refractivity contribution in [3.8, 4) is 0 Å². The van der Waals surface area contributed by atoms with E-state index in [1.807, 2.05) is 20.8 Å². The first kappa shape index (κ1) is 35.2. The summed E-state index contributed by atoms with van der Waals surface area (Å²) in [6, 6.07) is -0.0178. The summed E-state index contributed by atoms with van der Waals surface area (Å²) in [6.45, 7) is 15.6. The van der Waals surface area contributed by atoms with Gasteiger partial charge in [0.05, 0.1) is 25.4 Å². The Morgan fingerprint density at radius 1 is 0.762 bits per heavy atom. The van der Waals surface area contributed by atoms with Gasteiger partial charge in [-0.15, -0.1) is 0 Å². The fraction of sp³-hybridized carbons (Fsp3) is 0.933. The van der Waals surface area contributed by atoms with Gasteiger partial charge in [0.1, 0.15) is 0 Å². The van der Waals surface area contributed by atoms with E-state index in [-0.39, 0.29) is 12.1 Å². The number of urea groups is 2. The molecule has 3 aliphatic rings. The van der Waals surface area contributed by atoms with Gasteiger partial charge in [-0.2, -0.15) is 0 Å². The fourth-order valence-electron chi connectivity index (χ4n) is 6.02. The number of epoxide rings is 2. The number of hydrogen-bond donors (Lipinski definition) is 2. The van der Waals surface area contributed by atoms with E-state index >= 15 is 0 Å². The first-order valence-corrected chi connectivity index (χ1v) is 18.6. The van der Waals surface area contributed by atoms with Crippen LogP contribution in [0.2, 0.25) is 6.04 Å². The highest BCUT2D eigenvalue weighted by molar-refractivity contribution is 6.60. The van der Waals surface area contributed by atoms with E-state index in [0.717, 1.165) is 71.4 Å². The molecule has 1 saturated carbocycles. The molecule has 2 aliphatic heterocycles. The molecule has 12 heteroatoms. The van der Waals surface area contributed by atoms with Crippen LogP contribution in [0.15, 0.2) is 0 Å². The number of rotatable bonds is 22. The lowest BCUT2D eigenvalue weighted by Gasteiger charge is -2.35. The minimum absolute atomic E-state index is 0.293. The van der Waals surface area contributed by atoms with Crippen LogP contribution >= 0.6 is 0 Å². The average molecular weight is 615 g/mol. The van der Waals surface area contributed by atoms with E-state index in [9.17, 15) is 9.59 Å². The minimum Gasteiger partial charge on any atom is -0.374 e. The predicted molar refractivity (Wildman–Crippen MR) is 164 cm³/mol. The van der Waals surface area contributed by atoms with Crippen molar-refractivity contribution in [2.24, 2.45) is 11.8 Å². The molecule has 1 aliphatic carbocycles. The van der Waals surface area contributed by atoms with Crippen molar-refractivity contribution in [3.63, 3.8) is 0 Å². The van der Waals surface area contributed by atoms with Crippen LogP contribution in [-0.4, -0.2) is 115 Å². The molecule has 244 valence electrons. The van der Waals surface area contributed by atoms with E-state index in [1.165, 1.54) is 11.3 Å². The Morgan fingerprint density at radius 2 is 1.29 bits per heavy atom. The molecular weight excluding hydrogens is 556 g/mol. The largest absolute Gasteiger partial charge is 0.500 e. The second-order valence-corrected chi connectivity index (χ2v) is 14.6. The van der Waals surface area contributed by atoms with Crippen molar-refractivity contribution in [2.45, 2.75) is 97.3 Å². The van der Waals surface area contributed by atoms with Crippen LogP contribution in [-0.2, 0) is 22.8 Å². The second-order valence-electron chi connectivity index (χ2n) is 11.9. The molecule has 2 saturated heterocycles. The molecule has 0 aromatic heterocycles. The monoisotopic (exact) mass is 614 g/mol. The van der Waals surface area contributed by atoms with Crippen molar-refractivity contribution in [1.29, 1.82) is 0 Å². The molecular formula is C30H58N4O7Si. The smallest absolute Gasteiger partial charge is 0.374 e. The number of carbonyl (C=O) groups excluding carboxylic acids is 2. The normalized spacial score (nSPS) is 23.5. The van der Waals surface area contributed by atoms with Gasteiger partial charge in [-0.3, -0.25) is 4.90 Å².